The molecule has 1 aromatic rings. The van der Waals surface area contributed by atoms with Crippen LogP contribution in [-0.2, 0) is 6.54 Å². The molecule has 0 aliphatic heterocycles. The molecule has 0 aliphatic rings. The fourth-order valence-electron chi connectivity index (χ4n) is 1.45. The van der Waals surface area contributed by atoms with E-state index in [1.54, 1.807) is 11.3 Å². The van der Waals surface area contributed by atoms with Gasteiger partial charge in [-0.1, -0.05) is 5.16 Å². The van der Waals surface area contributed by atoms with E-state index in [4.69, 9.17) is 10.9 Å². The first kappa shape index (κ1) is 14.5. The Balaban J connectivity index is 2.58. The van der Waals surface area contributed by atoms with Crippen LogP contribution in [0.15, 0.2) is 21.1 Å². The van der Waals surface area contributed by atoms with E-state index in [2.05, 4.69) is 51.3 Å². The summed E-state index contributed by atoms with van der Waals surface area (Å²) in [5, 5.41) is 13.6. The topological polar surface area (TPSA) is 61.8 Å². The van der Waals surface area contributed by atoms with Gasteiger partial charge >= 0.3 is 0 Å². The van der Waals surface area contributed by atoms with Crippen LogP contribution in [0.4, 0.5) is 0 Å². The van der Waals surface area contributed by atoms with E-state index < -0.39 is 0 Å². The van der Waals surface area contributed by atoms with Gasteiger partial charge < -0.3 is 10.9 Å². The molecule has 17 heavy (non-hydrogen) atoms. The summed E-state index contributed by atoms with van der Waals surface area (Å²) in [5.41, 5.74) is 5.49. The number of oxime groups is 1. The highest BCUT2D eigenvalue weighted by molar-refractivity contribution is 9.10. The second-order valence-corrected chi connectivity index (χ2v) is 5.95. The lowest BCUT2D eigenvalue weighted by Gasteiger charge is -2.25. The number of hydrogen-bond acceptors (Lipinski definition) is 4. The second-order valence-electron chi connectivity index (χ2n) is 4.10. The van der Waals surface area contributed by atoms with Crippen LogP contribution in [0.1, 0.15) is 25.1 Å². The molecule has 0 bridgehead atoms. The van der Waals surface area contributed by atoms with E-state index in [-0.39, 0.29) is 5.84 Å². The molecular formula is C11H18BrN3OS. The second kappa shape index (κ2) is 6.98. The van der Waals surface area contributed by atoms with E-state index in [0.29, 0.717) is 12.5 Å². The summed E-state index contributed by atoms with van der Waals surface area (Å²) >= 11 is 5.27. The molecule has 0 aromatic carbocycles. The normalized spacial score (nSPS) is 12.6. The fourth-order valence-corrected chi connectivity index (χ4v) is 2.95. The maximum Gasteiger partial charge on any atom is 0.140 e. The summed E-state index contributed by atoms with van der Waals surface area (Å²) in [6.45, 7) is 5.97. The number of halogens is 1. The molecular weight excluding hydrogens is 302 g/mol. The molecule has 0 saturated carbocycles. The van der Waals surface area contributed by atoms with Gasteiger partial charge in [0.15, 0.2) is 0 Å². The Morgan fingerprint density at radius 1 is 1.65 bits per heavy atom. The third kappa shape index (κ3) is 4.65. The number of amidine groups is 1. The van der Waals surface area contributed by atoms with Crippen LogP contribution in [0.2, 0.25) is 0 Å². The summed E-state index contributed by atoms with van der Waals surface area (Å²) in [6, 6.07) is 2.48. The van der Waals surface area contributed by atoms with Crippen molar-refractivity contribution in [1.29, 1.82) is 0 Å². The van der Waals surface area contributed by atoms with Gasteiger partial charge in [0.2, 0.25) is 0 Å². The molecule has 1 heterocycles. The Morgan fingerprint density at radius 3 is 2.82 bits per heavy atom. The van der Waals surface area contributed by atoms with Crippen LogP contribution in [0.3, 0.4) is 0 Å². The first-order valence-corrected chi connectivity index (χ1v) is 7.14. The molecule has 0 atom stereocenters. The first-order valence-electron chi connectivity index (χ1n) is 5.47. The Kier molecular flexibility index (Phi) is 5.94. The maximum absolute atomic E-state index is 8.53. The molecule has 0 amide bonds. The van der Waals surface area contributed by atoms with Gasteiger partial charge in [-0.15, -0.1) is 11.3 Å². The minimum absolute atomic E-state index is 0.279. The van der Waals surface area contributed by atoms with Crippen molar-refractivity contribution < 1.29 is 5.21 Å². The maximum atomic E-state index is 8.53. The summed E-state index contributed by atoms with van der Waals surface area (Å²) in [5.74, 6) is 0.279. The summed E-state index contributed by atoms with van der Waals surface area (Å²) < 4.78 is 1.15. The molecule has 0 saturated heterocycles. The third-order valence-electron chi connectivity index (χ3n) is 2.55. The number of nitrogens with two attached hydrogens (primary N) is 1. The quantitative estimate of drug-likeness (QED) is 0.367. The molecule has 0 aliphatic carbocycles. The molecule has 4 nitrogen and oxygen atoms in total. The zero-order valence-electron chi connectivity index (χ0n) is 10.1. The Hall–Kier alpha value is -0.590. The highest BCUT2D eigenvalue weighted by Gasteiger charge is 2.13. The minimum Gasteiger partial charge on any atom is -0.409 e. The average Bonchev–Trinajstić information content (AvgIpc) is 2.69. The summed E-state index contributed by atoms with van der Waals surface area (Å²) in [6.07, 6.45) is 0.581. The number of thiophene rings is 1. The summed E-state index contributed by atoms with van der Waals surface area (Å²) in [7, 11) is 0. The average molecular weight is 320 g/mol. The molecule has 1 aromatic heterocycles. The van der Waals surface area contributed by atoms with Crippen molar-refractivity contribution in [3.05, 3.63) is 20.8 Å². The van der Waals surface area contributed by atoms with E-state index >= 15 is 0 Å². The fraction of sp³-hybridized carbons (Fsp3) is 0.545. The predicted molar refractivity (Wildman–Crippen MR) is 75.6 cm³/mol. The van der Waals surface area contributed by atoms with E-state index in [9.17, 15) is 0 Å². The van der Waals surface area contributed by atoms with Crippen LogP contribution in [0.5, 0.6) is 0 Å². The lowest BCUT2D eigenvalue weighted by Crippen LogP contribution is -2.33. The molecule has 1 rings (SSSR count). The van der Waals surface area contributed by atoms with Gasteiger partial charge in [0.25, 0.3) is 0 Å². The zero-order valence-corrected chi connectivity index (χ0v) is 12.5. The van der Waals surface area contributed by atoms with Crippen molar-refractivity contribution in [1.82, 2.24) is 4.90 Å². The van der Waals surface area contributed by atoms with Gasteiger partial charge in [-0.2, -0.15) is 0 Å². The Morgan fingerprint density at radius 2 is 2.35 bits per heavy atom. The van der Waals surface area contributed by atoms with Crippen molar-refractivity contribution in [3.63, 3.8) is 0 Å². The monoisotopic (exact) mass is 319 g/mol. The number of nitrogens with zero attached hydrogens (tertiary/aromatic N) is 2. The Labute approximate surface area is 114 Å². The molecule has 96 valence electrons. The lowest BCUT2D eigenvalue weighted by atomic mass is 10.2. The molecule has 0 unspecified atom stereocenters. The zero-order chi connectivity index (χ0) is 12.8. The van der Waals surface area contributed by atoms with Crippen molar-refractivity contribution in [3.8, 4) is 0 Å². The smallest absolute Gasteiger partial charge is 0.140 e. The molecule has 0 radical (unpaired) electrons. The van der Waals surface area contributed by atoms with Crippen LogP contribution >= 0.6 is 27.3 Å². The van der Waals surface area contributed by atoms with Crippen LogP contribution in [-0.4, -0.2) is 28.5 Å². The van der Waals surface area contributed by atoms with Crippen molar-refractivity contribution >= 4 is 33.1 Å². The van der Waals surface area contributed by atoms with E-state index in [1.165, 1.54) is 4.88 Å². The van der Waals surface area contributed by atoms with Crippen LogP contribution < -0.4 is 5.73 Å². The molecule has 6 heteroatoms. The van der Waals surface area contributed by atoms with Gasteiger partial charge in [-0.25, -0.2) is 0 Å². The largest absolute Gasteiger partial charge is 0.409 e. The van der Waals surface area contributed by atoms with Crippen molar-refractivity contribution in [2.24, 2.45) is 10.9 Å². The molecule has 0 fully saturated rings. The van der Waals surface area contributed by atoms with Crippen molar-refractivity contribution in [2.75, 3.05) is 6.54 Å². The summed E-state index contributed by atoms with van der Waals surface area (Å²) in [4.78, 5) is 3.60. The standard InChI is InChI=1S/C11H18BrN3OS/c1-8(2)15(5-3-11(13)14-16)7-10-9(12)4-6-17-10/h4,6,8,16H,3,5,7H2,1-2H3,(H2,13,14). The minimum atomic E-state index is 0.279. The lowest BCUT2D eigenvalue weighted by molar-refractivity contribution is 0.219. The van der Waals surface area contributed by atoms with Gasteiger partial charge in [-0.3, -0.25) is 4.90 Å². The van der Waals surface area contributed by atoms with Crippen LogP contribution in [0.25, 0.3) is 0 Å². The highest BCUT2D eigenvalue weighted by Crippen LogP contribution is 2.24. The molecule has 3 N–H and O–H groups in total. The predicted octanol–water partition coefficient (Wildman–Crippen LogP) is 2.86. The third-order valence-corrected chi connectivity index (χ3v) is 4.46. The number of rotatable bonds is 6. The van der Waals surface area contributed by atoms with Gasteiger partial charge in [0, 0.05) is 34.9 Å². The highest BCUT2D eigenvalue weighted by atomic mass is 79.9. The van der Waals surface area contributed by atoms with Gasteiger partial charge in [-0.05, 0) is 41.2 Å². The van der Waals surface area contributed by atoms with Crippen LogP contribution in [0, 0.1) is 0 Å². The SMILES string of the molecule is CC(C)N(CCC(N)=NO)Cc1sccc1Br. The van der Waals surface area contributed by atoms with Crippen molar-refractivity contribution in [2.45, 2.75) is 32.9 Å². The van der Waals surface area contributed by atoms with E-state index in [1.807, 2.05) is 0 Å². The Bertz CT molecular complexity index is 379. The number of hydrogen-bond donors (Lipinski definition) is 2. The van der Waals surface area contributed by atoms with Gasteiger partial charge in [0.1, 0.15) is 5.84 Å². The first-order chi connectivity index (χ1) is 8.04. The van der Waals surface area contributed by atoms with E-state index in [0.717, 1.165) is 17.6 Å². The van der Waals surface area contributed by atoms with Gasteiger partial charge in [0.05, 0.1) is 0 Å². The molecule has 0 spiro atoms.